The first-order valence-electron chi connectivity index (χ1n) is 9.36. The molecule has 1 aliphatic rings. The number of ether oxygens (including phenoxy) is 2. The first-order chi connectivity index (χ1) is 13.0. The van der Waals surface area contributed by atoms with Crippen molar-refractivity contribution in [3.63, 3.8) is 0 Å². The monoisotopic (exact) mass is 524 g/mol. The zero-order valence-corrected chi connectivity index (χ0v) is 19.5. The molecule has 7 nitrogen and oxygen atoms in total. The minimum atomic E-state index is -0.242. The van der Waals surface area contributed by atoms with Crippen molar-refractivity contribution in [1.82, 2.24) is 10.2 Å². The van der Waals surface area contributed by atoms with Crippen LogP contribution >= 0.6 is 35.6 Å². The van der Waals surface area contributed by atoms with Gasteiger partial charge in [0.25, 0.3) is 0 Å². The number of likely N-dealkylation sites (tertiary alicyclic amines) is 1. The average Bonchev–Trinajstić information content (AvgIpc) is 2.64. The van der Waals surface area contributed by atoms with E-state index in [-0.39, 0.29) is 36.1 Å². The van der Waals surface area contributed by atoms with E-state index >= 15 is 0 Å². The zero-order valence-electron chi connectivity index (χ0n) is 16.4. The lowest BCUT2D eigenvalue weighted by atomic mass is 10.1. The number of carbonyl (C=O) groups is 1. The van der Waals surface area contributed by atoms with Gasteiger partial charge in [0.2, 0.25) is 0 Å². The molecule has 0 aliphatic carbocycles. The number of nitrogens with zero attached hydrogens (tertiary/aromatic N) is 2. The number of nitrogens with one attached hydrogen (secondary N) is 1. The molecule has 0 aromatic heterocycles. The van der Waals surface area contributed by atoms with Gasteiger partial charge in [0.1, 0.15) is 5.75 Å². The maximum absolute atomic E-state index is 11.7. The number of piperidine rings is 1. The normalized spacial score (nSPS) is 15.0. The van der Waals surface area contributed by atoms with Crippen LogP contribution < -0.4 is 15.8 Å². The molecule has 1 heterocycles. The summed E-state index contributed by atoms with van der Waals surface area (Å²) in [4.78, 5) is 17.8. The maximum atomic E-state index is 11.7. The van der Waals surface area contributed by atoms with Crippen LogP contribution in [-0.4, -0.2) is 55.8 Å². The van der Waals surface area contributed by atoms with Crippen LogP contribution in [0.2, 0.25) is 5.02 Å². The highest BCUT2D eigenvalue weighted by Crippen LogP contribution is 2.21. The van der Waals surface area contributed by atoms with Crippen LogP contribution in [0.5, 0.6) is 5.75 Å². The lowest BCUT2D eigenvalue weighted by molar-refractivity contribution is 0.0963. The molecule has 0 bridgehead atoms. The lowest BCUT2D eigenvalue weighted by Gasteiger charge is -2.31. The van der Waals surface area contributed by atoms with E-state index in [4.69, 9.17) is 26.8 Å². The van der Waals surface area contributed by atoms with Crippen molar-refractivity contribution in [3.05, 3.63) is 28.8 Å². The molecule has 1 saturated heterocycles. The van der Waals surface area contributed by atoms with Gasteiger partial charge >= 0.3 is 6.09 Å². The Morgan fingerprint density at radius 2 is 2.11 bits per heavy atom. The van der Waals surface area contributed by atoms with Crippen molar-refractivity contribution >= 4 is 47.6 Å². The Kier molecular flexibility index (Phi) is 11.4. The van der Waals surface area contributed by atoms with Crippen molar-refractivity contribution in [2.75, 3.05) is 32.8 Å². The zero-order chi connectivity index (χ0) is 19.6. The summed E-state index contributed by atoms with van der Waals surface area (Å²) in [6.07, 6.45) is 2.18. The van der Waals surface area contributed by atoms with Gasteiger partial charge in [0, 0.05) is 37.1 Å². The lowest BCUT2D eigenvalue weighted by Crippen LogP contribution is -2.48. The van der Waals surface area contributed by atoms with E-state index in [1.54, 1.807) is 4.90 Å². The Morgan fingerprint density at radius 1 is 1.39 bits per heavy atom. The van der Waals surface area contributed by atoms with Crippen molar-refractivity contribution in [3.8, 4) is 5.75 Å². The van der Waals surface area contributed by atoms with Crippen molar-refractivity contribution in [1.29, 1.82) is 0 Å². The molecule has 1 aromatic rings. The molecule has 2 rings (SSSR count). The maximum Gasteiger partial charge on any atom is 0.409 e. The number of hydrogen-bond acceptors (Lipinski definition) is 4. The SMILES string of the molecule is CCOC(=O)N1CCC(NC(N)=NCCCOc2ccc(Cl)cc2C)CC1.I. The standard InChI is InChI=1S/C19H29ClN4O3.HI/c1-3-26-19(25)24-10-7-16(8-11-24)23-18(21)22-9-4-12-27-17-6-5-15(20)13-14(17)2;/h5-6,13,16H,3-4,7-12H2,1-2H3,(H3,21,22,23);1H. The average molecular weight is 525 g/mol. The van der Waals surface area contributed by atoms with Crippen LogP contribution in [0.1, 0.15) is 31.7 Å². The number of nitrogens with two attached hydrogens (primary N) is 1. The fourth-order valence-corrected chi connectivity index (χ4v) is 3.12. The number of carbonyl (C=O) groups excluding carboxylic acids is 1. The molecule has 0 spiro atoms. The van der Waals surface area contributed by atoms with E-state index in [1.165, 1.54) is 0 Å². The van der Waals surface area contributed by atoms with Gasteiger partial charge in [-0.2, -0.15) is 0 Å². The highest BCUT2D eigenvalue weighted by molar-refractivity contribution is 14.0. The second-order valence-corrected chi connectivity index (χ2v) is 6.92. The molecule has 3 N–H and O–H groups in total. The van der Waals surface area contributed by atoms with Gasteiger partial charge in [0.15, 0.2) is 5.96 Å². The molecular weight excluding hydrogens is 495 g/mol. The van der Waals surface area contributed by atoms with Crippen molar-refractivity contribution < 1.29 is 14.3 Å². The Bertz CT molecular complexity index is 652. The molecule has 1 amide bonds. The van der Waals surface area contributed by atoms with Crippen molar-refractivity contribution in [2.24, 2.45) is 10.7 Å². The minimum Gasteiger partial charge on any atom is -0.493 e. The van der Waals surface area contributed by atoms with E-state index < -0.39 is 0 Å². The molecule has 0 unspecified atom stereocenters. The molecule has 1 fully saturated rings. The fourth-order valence-electron chi connectivity index (χ4n) is 2.90. The van der Waals surface area contributed by atoms with Gasteiger partial charge in [-0.1, -0.05) is 11.6 Å². The number of amides is 1. The topological polar surface area (TPSA) is 89.2 Å². The smallest absolute Gasteiger partial charge is 0.409 e. The van der Waals surface area contributed by atoms with E-state index in [1.807, 2.05) is 32.0 Å². The molecular formula is C19H30ClIN4O3. The predicted molar refractivity (Wildman–Crippen MR) is 123 cm³/mol. The van der Waals surface area contributed by atoms with Crippen LogP contribution in [0.4, 0.5) is 4.79 Å². The Morgan fingerprint density at radius 3 is 2.75 bits per heavy atom. The first kappa shape index (κ1) is 24.6. The Labute approximate surface area is 189 Å². The summed E-state index contributed by atoms with van der Waals surface area (Å²) in [5.41, 5.74) is 6.97. The third-order valence-corrected chi connectivity index (χ3v) is 4.59. The highest BCUT2D eigenvalue weighted by atomic mass is 127. The van der Waals surface area contributed by atoms with E-state index in [2.05, 4.69) is 10.3 Å². The number of aliphatic imine (C=N–C) groups is 1. The highest BCUT2D eigenvalue weighted by Gasteiger charge is 2.23. The molecule has 28 heavy (non-hydrogen) atoms. The predicted octanol–water partition coefficient (Wildman–Crippen LogP) is 3.56. The van der Waals surface area contributed by atoms with Crippen LogP contribution in [0.15, 0.2) is 23.2 Å². The van der Waals surface area contributed by atoms with Gasteiger partial charge in [-0.25, -0.2) is 4.79 Å². The number of benzene rings is 1. The molecule has 0 radical (unpaired) electrons. The fraction of sp³-hybridized carbons (Fsp3) is 0.579. The summed E-state index contributed by atoms with van der Waals surface area (Å²) >= 11 is 5.93. The van der Waals surface area contributed by atoms with Gasteiger partial charge in [-0.15, -0.1) is 24.0 Å². The van der Waals surface area contributed by atoms with E-state index in [0.717, 1.165) is 30.6 Å². The van der Waals surface area contributed by atoms with Gasteiger partial charge in [-0.05, 0) is 50.5 Å². The third-order valence-electron chi connectivity index (χ3n) is 4.35. The number of hydrogen-bond donors (Lipinski definition) is 2. The minimum absolute atomic E-state index is 0. The summed E-state index contributed by atoms with van der Waals surface area (Å²) in [5, 5.41) is 3.93. The first-order valence-corrected chi connectivity index (χ1v) is 9.74. The molecule has 1 aromatic carbocycles. The van der Waals surface area contributed by atoms with E-state index in [9.17, 15) is 4.79 Å². The van der Waals surface area contributed by atoms with Crippen LogP contribution in [0.25, 0.3) is 0 Å². The Balaban J connectivity index is 0.00000392. The molecule has 9 heteroatoms. The summed E-state index contributed by atoms with van der Waals surface area (Å²) in [6, 6.07) is 5.80. The van der Waals surface area contributed by atoms with Crippen molar-refractivity contribution in [2.45, 2.75) is 39.2 Å². The number of rotatable bonds is 7. The van der Waals surface area contributed by atoms with Crippen LogP contribution in [0, 0.1) is 6.92 Å². The largest absolute Gasteiger partial charge is 0.493 e. The Hall–Kier alpha value is -1.42. The molecule has 0 saturated carbocycles. The van der Waals surface area contributed by atoms with E-state index in [0.29, 0.717) is 43.8 Å². The van der Waals surface area contributed by atoms with Gasteiger partial charge < -0.3 is 25.4 Å². The molecule has 1 aliphatic heterocycles. The van der Waals surface area contributed by atoms with Gasteiger partial charge in [0.05, 0.1) is 13.2 Å². The summed E-state index contributed by atoms with van der Waals surface area (Å²) < 4.78 is 10.8. The second-order valence-electron chi connectivity index (χ2n) is 6.48. The third kappa shape index (κ3) is 8.30. The number of halogens is 2. The number of aryl methyl sites for hydroxylation is 1. The van der Waals surface area contributed by atoms with Gasteiger partial charge in [-0.3, -0.25) is 4.99 Å². The molecule has 0 atom stereocenters. The second kappa shape index (κ2) is 12.9. The van der Waals surface area contributed by atoms with Crippen LogP contribution in [-0.2, 0) is 4.74 Å². The summed E-state index contributed by atoms with van der Waals surface area (Å²) in [5.74, 6) is 1.27. The van der Waals surface area contributed by atoms with Crippen LogP contribution in [0.3, 0.4) is 0 Å². The summed E-state index contributed by atoms with van der Waals surface area (Å²) in [6.45, 7) is 6.66. The number of guanidine groups is 1. The summed E-state index contributed by atoms with van der Waals surface area (Å²) in [7, 11) is 0. The molecule has 158 valence electrons. The quantitative estimate of drug-likeness (QED) is 0.246.